The Morgan fingerprint density at radius 2 is 2.05 bits per heavy atom. The second kappa shape index (κ2) is 6.99. The fourth-order valence-electron chi connectivity index (χ4n) is 2.33. The number of esters is 1. The minimum Gasteiger partial charge on any atom is -0.547 e. The Balaban J connectivity index is 2.79. The summed E-state index contributed by atoms with van der Waals surface area (Å²) in [4.78, 5) is 11.9. The lowest BCUT2D eigenvalue weighted by Gasteiger charge is -2.38. The molecule has 0 heterocycles. The van der Waals surface area contributed by atoms with E-state index in [1.807, 2.05) is 13.8 Å². The molecule has 0 aromatic carbocycles. The van der Waals surface area contributed by atoms with Gasteiger partial charge in [-0.1, -0.05) is 27.7 Å². The lowest BCUT2D eigenvalue weighted by molar-refractivity contribution is -0.148. The Bertz CT molecular complexity index is 393. The summed E-state index contributed by atoms with van der Waals surface area (Å²) in [5, 5.41) is 0.202. The molecule has 21 heavy (non-hydrogen) atoms. The predicted octanol–water partition coefficient (Wildman–Crippen LogP) is 4.89. The first-order chi connectivity index (χ1) is 9.58. The second-order valence-corrected chi connectivity index (χ2v) is 12.3. The van der Waals surface area contributed by atoms with Crippen LogP contribution in [-0.4, -0.2) is 20.9 Å². The van der Waals surface area contributed by atoms with Gasteiger partial charge in [0.2, 0.25) is 8.32 Å². The Morgan fingerprint density at radius 1 is 1.43 bits per heavy atom. The zero-order valence-electron chi connectivity index (χ0n) is 14.8. The predicted molar refractivity (Wildman–Crippen MR) is 89.5 cm³/mol. The van der Waals surface area contributed by atoms with Crippen molar-refractivity contribution >= 4 is 14.3 Å². The van der Waals surface area contributed by atoms with E-state index in [9.17, 15) is 4.79 Å². The molecule has 0 aromatic rings. The molecule has 0 saturated heterocycles. The van der Waals surface area contributed by atoms with Crippen molar-refractivity contribution in [3.63, 3.8) is 0 Å². The van der Waals surface area contributed by atoms with Gasteiger partial charge in [0, 0.05) is 6.42 Å². The lowest BCUT2D eigenvalue weighted by atomic mass is 9.85. The van der Waals surface area contributed by atoms with E-state index in [2.05, 4.69) is 39.9 Å². The van der Waals surface area contributed by atoms with Crippen molar-refractivity contribution in [2.24, 2.45) is 11.8 Å². The van der Waals surface area contributed by atoms with E-state index < -0.39 is 8.32 Å². The molecule has 0 amide bonds. The maximum atomic E-state index is 11.9. The maximum Gasteiger partial charge on any atom is 0.309 e. The summed E-state index contributed by atoms with van der Waals surface area (Å²) in [6.45, 7) is 15.6. The number of carbonyl (C=O) groups is 1. The molecule has 0 fully saturated rings. The Morgan fingerprint density at radius 3 is 2.57 bits per heavy atom. The van der Waals surface area contributed by atoms with Crippen LogP contribution in [0.1, 0.15) is 53.9 Å². The number of allylic oxidation sites excluding steroid dienone is 2. The summed E-state index contributed by atoms with van der Waals surface area (Å²) in [6, 6.07) is 0. The van der Waals surface area contributed by atoms with Crippen LogP contribution in [0.25, 0.3) is 0 Å². The Labute approximate surface area is 131 Å². The third-order valence-corrected chi connectivity index (χ3v) is 9.24. The van der Waals surface area contributed by atoms with Crippen molar-refractivity contribution in [3.8, 4) is 0 Å². The van der Waals surface area contributed by atoms with Crippen LogP contribution in [0.5, 0.6) is 0 Å². The summed E-state index contributed by atoms with van der Waals surface area (Å²) in [6.07, 6.45) is 5.32. The third kappa shape index (κ3) is 4.87. The van der Waals surface area contributed by atoms with Gasteiger partial charge >= 0.3 is 5.97 Å². The Kier molecular flexibility index (Phi) is 6.08. The van der Waals surface area contributed by atoms with Gasteiger partial charge in [0.05, 0.1) is 18.3 Å². The van der Waals surface area contributed by atoms with Crippen LogP contribution in [0.15, 0.2) is 11.8 Å². The van der Waals surface area contributed by atoms with Gasteiger partial charge in [-0.3, -0.25) is 4.79 Å². The molecule has 1 aliphatic carbocycles. The number of hydrogen-bond donors (Lipinski definition) is 0. The van der Waals surface area contributed by atoms with Gasteiger partial charge in [0.25, 0.3) is 0 Å². The van der Waals surface area contributed by atoms with Gasteiger partial charge in [-0.15, -0.1) is 0 Å². The van der Waals surface area contributed by atoms with E-state index in [1.165, 1.54) is 0 Å². The molecule has 2 unspecified atom stereocenters. The normalized spacial score (nSPS) is 21.5. The quantitative estimate of drug-likeness (QED) is 0.535. The van der Waals surface area contributed by atoms with Crippen LogP contribution in [0.4, 0.5) is 0 Å². The molecular formula is C17H32O3Si. The summed E-state index contributed by atoms with van der Waals surface area (Å²) >= 11 is 0. The van der Waals surface area contributed by atoms with Gasteiger partial charge in [-0.2, -0.15) is 0 Å². The maximum absolute atomic E-state index is 11.9. The van der Waals surface area contributed by atoms with E-state index in [0.717, 1.165) is 25.0 Å². The first-order valence-electron chi connectivity index (χ1n) is 8.15. The molecule has 0 radical (unpaired) electrons. The lowest BCUT2D eigenvalue weighted by Crippen LogP contribution is -2.40. The van der Waals surface area contributed by atoms with Crippen LogP contribution in [0, 0.1) is 11.8 Å². The highest BCUT2D eigenvalue weighted by Gasteiger charge is 2.40. The monoisotopic (exact) mass is 312 g/mol. The SMILES string of the molecule is CCOC(=O)C(C)C1C=C(O[Si](C)(C)C(C)(C)C)CCC1. The first-order valence-corrected chi connectivity index (χ1v) is 11.1. The molecular weight excluding hydrogens is 280 g/mol. The van der Waals surface area contributed by atoms with Gasteiger partial charge in [-0.25, -0.2) is 0 Å². The highest BCUT2D eigenvalue weighted by Crippen LogP contribution is 2.40. The standard InChI is InChI=1S/C17H32O3Si/c1-8-19-16(18)13(2)14-10-9-11-15(12-14)20-21(6,7)17(3,4)5/h12-14H,8-11H2,1-7H3. The van der Waals surface area contributed by atoms with Gasteiger partial charge in [0.1, 0.15) is 0 Å². The van der Waals surface area contributed by atoms with E-state index in [-0.39, 0.29) is 22.8 Å². The van der Waals surface area contributed by atoms with Crippen molar-refractivity contribution < 1.29 is 14.0 Å². The van der Waals surface area contributed by atoms with Crippen LogP contribution < -0.4 is 0 Å². The second-order valence-electron chi connectivity index (χ2n) is 7.59. The van der Waals surface area contributed by atoms with Crippen LogP contribution in [0.3, 0.4) is 0 Å². The summed E-state index contributed by atoms with van der Waals surface area (Å²) in [5.74, 6) is 1.17. The fourth-order valence-corrected chi connectivity index (χ4v) is 3.46. The number of ether oxygens (including phenoxy) is 1. The molecule has 2 atom stereocenters. The first kappa shape index (κ1) is 18.3. The molecule has 3 nitrogen and oxygen atoms in total. The molecule has 1 aliphatic rings. The van der Waals surface area contributed by atoms with E-state index >= 15 is 0 Å². The molecule has 0 spiro atoms. The van der Waals surface area contributed by atoms with Gasteiger partial charge in [-0.05, 0) is 49.9 Å². The number of carbonyl (C=O) groups excluding carboxylic acids is 1. The van der Waals surface area contributed by atoms with E-state index in [1.54, 1.807) is 0 Å². The molecule has 0 aromatic heterocycles. The Hall–Kier alpha value is -0.773. The van der Waals surface area contributed by atoms with Crippen molar-refractivity contribution in [2.75, 3.05) is 6.61 Å². The summed E-state index contributed by atoms with van der Waals surface area (Å²) < 4.78 is 11.6. The number of hydrogen-bond acceptors (Lipinski definition) is 3. The topological polar surface area (TPSA) is 35.5 Å². The molecule has 0 saturated carbocycles. The highest BCUT2D eigenvalue weighted by molar-refractivity contribution is 6.74. The average molecular weight is 313 g/mol. The van der Waals surface area contributed by atoms with E-state index in [0.29, 0.717) is 6.61 Å². The van der Waals surface area contributed by atoms with Gasteiger partial charge in [0.15, 0.2) is 0 Å². The summed E-state index contributed by atoms with van der Waals surface area (Å²) in [7, 11) is -1.78. The fraction of sp³-hybridized carbons (Fsp3) is 0.824. The highest BCUT2D eigenvalue weighted by atomic mass is 28.4. The zero-order valence-corrected chi connectivity index (χ0v) is 15.8. The largest absolute Gasteiger partial charge is 0.547 e. The smallest absolute Gasteiger partial charge is 0.309 e. The van der Waals surface area contributed by atoms with Crippen molar-refractivity contribution in [1.29, 1.82) is 0 Å². The van der Waals surface area contributed by atoms with Gasteiger partial charge < -0.3 is 9.16 Å². The molecule has 0 bridgehead atoms. The van der Waals surface area contributed by atoms with Crippen LogP contribution in [-0.2, 0) is 14.0 Å². The van der Waals surface area contributed by atoms with Crippen molar-refractivity contribution in [2.45, 2.75) is 72.0 Å². The van der Waals surface area contributed by atoms with Crippen molar-refractivity contribution in [3.05, 3.63) is 11.8 Å². The minimum atomic E-state index is -1.78. The molecule has 4 heteroatoms. The van der Waals surface area contributed by atoms with E-state index in [4.69, 9.17) is 9.16 Å². The van der Waals surface area contributed by atoms with Crippen LogP contribution in [0.2, 0.25) is 18.1 Å². The molecule has 122 valence electrons. The summed E-state index contributed by atoms with van der Waals surface area (Å²) in [5.41, 5.74) is 0. The zero-order chi connectivity index (χ0) is 16.3. The van der Waals surface area contributed by atoms with Crippen LogP contribution >= 0.6 is 0 Å². The number of rotatable bonds is 5. The molecule has 1 rings (SSSR count). The average Bonchev–Trinajstić information content (AvgIpc) is 2.36. The molecule has 0 aliphatic heterocycles. The molecule has 0 N–H and O–H groups in total. The van der Waals surface area contributed by atoms with Crippen molar-refractivity contribution in [1.82, 2.24) is 0 Å². The minimum absolute atomic E-state index is 0.0803. The third-order valence-electron chi connectivity index (χ3n) is 4.85.